The van der Waals surface area contributed by atoms with E-state index in [0.29, 0.717) is 25.1 Å². The molecule has 0 spiro atoms. The van der Waals surface area contributed by atoms with E-state index in [-0.39, 0.29) is 11.9 Å². The molecule has 0 bridgehead atoms. The monoisotopic (exact) mass is 344 g/mol. The topological polar surface area (TPSA) is 75.7 Å². The fraction of sp³-hybridized carbons (Fsp3) is 0.533. The Morgan fingerprint density at radius 3 is 2.61 bits per heavy atom. The van der Waals surface area contributed by atoms with Crippen LogP contribution in [0.3, 0.4) is 0 Å². The number of nitrogens with one attached hydrogen (secondary N) is 1. The first-order valence-corrected chi connectivity index (χ1v) is 9.24. The zero-order valence-electron chi connectivity index (χ0n) is 13.2. The molecule has 1 aliphatic heterocycles. The SMILES string of the molecule is COC(=O)C(c1ccc(F)cc1)N1CCCC(NS(C)(=O)=O)C1. The van der Waals surface area contributed by atoms with Gasteiger partial charge in [-0.05, 0) is 37.1 Å². The number of piperidine rings is 1. The molecule has 1 heterocycles. The highest BCUT2D eigenvalue weighted by Gasteiger charge is 2.33. The van der Waals surface area contributed by atoms with Gasteiger partial charge in [-0.25, -0.2) is 22.3 Å². The molecule has 0 aliphatic carbocycles. The molecule has 8 heteroatoms. The van der Waals surface area contributed by atoms with Gasteiger partial charge in [-0.3, -0.25) is 4.90 Å². The van der Waals surface area contributed by atoms with Gasteiger partial charge in [0, 0.05) is 12.6 Å². The molecular weight excluding hydrogens is 323 g/mol. The van der Waals surface area contributed by atoms with Crippen LogP contribution >= 0.6 is 0 Å². The summed E-state index contributed by atoms with van der Waals surface area (Å²) in [5, 5.41) is 0. The second kappa shape index (κ2) is 7.37. The number of sulfonamides is 1. The Morgan fingerprint density at radius 2 is 2.04 bits per heavy atom. The number of likely N-dealkylation sites (tertiary alicyclic amines) is 1. The third-order valence-corrected chi connectivity index (χ3v) is 4.57. The van der Waals surface area contributed by atoms with Crippen molar-refractivity contribution in [1.29, 1.82) is 0 Å². The highest BCUT2D eigenvalue weighted by molar-refractivity contribution is 7.88. The van der Waals surface area contributed by atoms with Gasteiger partial charge in [-0.1, -0.05) is 12.1 Å². The van der Waals surface area contributed by atoms with Crippen molar-refractivity contribution in [1.82, 2.24) is 9.62 Å². The summed E-state index contributed by atoms with van der Waals surface area (Å²) in [5.41, 5.74) is 0.623. The van der Waals surface area contributed by atoms with Gasteiger partial charge in [-0.2, -0.15) is 0 Å². The molecule has 0 amide bonds. The van der Waals surface area contributed by atoms with Gasteiger partial charge in [0.05, 0.1) is 13.4 Å². The van der Waals surface area contributed by atoms with Crippen molar-refractivity contribution in [3.63, 3.8) is 0 Å². The molecule has 2 rings (SSSR count). The van der Waals surface area contributed by atoms with E-state index in [9.17, 15) is 17.6 Å². The Bertz CT molecular complexity index is 648. The fourth-order valence-electron chi connectivity index (χ4n) is 2.89. The molecule has 0 radical (unpaired) electrons. The van der Waals surface area contributed by atoms with Crippen molar-refractivity contribution < 1.29 is 22.3 Å². The summed E-state index contributed by atoms with van der Waals surface area (Å²) in [4.78, 5) is 14.1. The summed E-state index contributed by atoms with van der Waals surface area (Å²) in [6, 6.07) is 4.74. The number of halogens is 1. The number of nitrogens with zero attached hydrogens (tertiary/aromatic N) is 1. The largest absolute Gasteiger partial charge is 0.468 e. The second-order valence-electron chi connectivity index (χ2n) is 5.70. The lowest BCUT2D eigenvalue weighted by atomic mass is 10.00. The maximum Gasteiger partial charge on any atom is 0.327 e. The Labute approximate surface area is 135 Å². The Balaban J connectivity index is 2.21. The minimum absolute atomic E-state index is 0.258. The Kier molecular flexibility index (Phi) is 5.72. The van der Waals surface area contributed by atoms with Gasteiger partial charge in [0.15, 0.2) is 0 Å². The third-order valence-electron chi connectivity index (χ3n) is 3.81. The van der Waals surface area contributed by atoms with Crippen molar-refractivity contribution in [2.45, 2.75) is 24.9 Å². The van der Waals surface area contributed by atoms with Crippen molar-refractivity contribution >= 4 is 16.0 Å². The van der Waals surface area contributed by atoms with Gasteiger partial charge in [0.25, 0.3) is 0 Å². The lowest BCUT2D eigenvalue weighted by Crippen LogP contribution is -2.49. The number of methoxy groups -OCH3 is 1. The van der Waals surface area contributed by atoms with E-state index in [1.807, 2.05) is 4.90 Å². The number of ether oxygens (including phenoxy) is 1. The Morgan fingerprint density at radius 1 is 1.39 bits per heavy atom. The van der Waals surface area contributed by atoms with Gasteiger partial charge < -0.3 is 4.74 Å². The van der Waals surface area contributed by atoms with Crippen molar-refractivity contribution in [3.8, 4) is 0 Å². The summed E-state index contributed by atoms with van der Waals surface area (Å²) in [6.07, 6.45) is 2.58. The molecule has 0 aromatic heterocycles. The van der Waals surface area contributed by atoms with Crippen LogP contribution in [0.25, 0.3) is 0 Å². The summed E-state index contributed by atoms with van der Waals surface area (Å²) in [6.45, 7) is 1.03. The highest BCUT2D eigenvalue weighted by Crippen LogP contribution is 2.26. The van der Waals surface area contributed by atoms with Crippen LogP contribution in [-0.4, -0.2) is 51.8 Å². The number of benzene rings is 1. The number of hydrogen-bond acceptors (Lipinski definition) is 5. The smallest absolute Gasteiger partial charge is 0.327 e. The van der Waals surface area contributed by atoms with Crippen LogP contribution in [0.15, 0.2) is 24.3 Å². The van der Waals surface area contributed by atoms with Gasteiger partial charge >= 0.3 is 5.97 Å². The van der Waals surface area contributed by atoms with Crippen LogP contribution in [0.1, 0.15) is 24.4 Å². The molecule has 23 heavy (non-hydrogen) atoms. The van der Waals surface area contributed by atoms with Crippen LogP contribution in [-0.2, 0) is 19.6 Å². The van der Waals surface area contributed by atoms with E-state index in [2.05, 4.69) is 4.72 Å². The van der Waals surface area contributed by atoms with Crippen molar-refractivity contribution in [3.05, 3.63) is 35.6 Å². The quantitative estimate of drug-likeness (QED) is 0.808. The maximum absolute atomic E-state index is 13.1. The predicted octanol–water partition coefficient (Wildman–Crippen LogP) is 1.05. The van der Waals surface area contributed by atoms with Crippen LogP contribution in [0.5, 0.6) is 0 Å². The summed E-state index contributed by atoms with van der Waals surface area (Å²) >= 11 is 0. The molecular formula is C15H21FN2O4S. The predicted molar refractivity (Wildman–Crippen MR) is 83.7 cm³/mol. The summed E-state index contributed by atoms with van der Waals surface area (Å²) in [5.74, 6) is -0.829. The number of carbonyl (C=O) groups is 1. The van der Waals surface area contributed by atoms with E-state index >= 15 is 0 Å². The standard InChI is InChI=1S/C15H21FN2O4S/c1-22-15(19)14(11-5-7-12(16)8-6-11)18-9-3-4-13(10-18)17-23(2,20)21/h5-8,13-14,17H,3-4,9-10H2,1-2H3. The molecule has 128 valence electrons. The van der Waals surface area contributed by atoms with E-state index in [0.717, 1.165) is 12.7 Å². The molecule has 1 aliphatic rings. The number of carbonyl (C=O) groups excluding carboxylic acids is 1. The van der Waals surface area contributed by atoms with Gasteiger partial charge in [0.2, 0.25) is 10.0 Å². The van der Waals surface area contributed by atoms with E-state index in [4.69, 9.17) is 4.74 Å². The normalized spacial score (nSPS) is 20.9. The van der Waals surface area contributed by atoms with Crippen molar-refractivity contribution in [2.75, 3.05) is 26.5 Å². The highest BCUT2D eigenvalue weighted by atomic mass is 32.2. The molecule has 6 nitrogen and oxygen atoms in total. The molecule has 1 saturated heterocycles. The molecule has 0 saturated carbocycles. The molecule has 1 N–H and O–H groups in total. The molecule has 2 unspecified atom stereocenters. The fourth-order valence-corrected chi connectivity index (χ4v) is 3.69. The zero-order chi connectivity index (χ0) is 17.0. The third kappa shape index (κ3) is 4.98. The molecule has 1 aromatic rings. The van der Waals surface area contributed by atoms with Crippen LogP contribution in [0, 0.1) is 5.82 Å². The van der Waals surface area contributed by atoms with Gasteiger partial charge in [0.1, 0.15) is 11.9 Å². The van der Waals surface area contributed by atoms with Crippen LogP contribution in [0.4, 0.5) is 4.39 Å². The number of rotatable bonds is 5. The minimum Gasteiger partial charge on any atom is -0.468 e. The van der Waals surface area contributed by atoms with E-state index in [1.54, 1.807) is 12.1 Å². The molecule has 1 fully saturated rings. The van der Waals surface area contributed by atoms with Crippen LogP contribution < -0.4 is 4.72 Å². The lowest BCUT2D eigenvalue weighted by molar-refractivity contribution is -0.147. The second-order valence-corrected chi connectivity index (χ2v) is 7.48. The summed E-state index contributed by atoms with van der Waals surface area (Å²) in [7, 11) is -2.01. The Hall–Kier alpha value is -1.51. The van der Waals surface area contributed by atoms with E-state index in [1.165, 1.54) is 19.2 Å². The average Bonchev–Trinajstić information content (AvgIpc) is 2.48. The zero-order valence-corrected chi connectivity index (χ0v) is 14.0. The van der Waals surface area contributed by atoms with Gasteiger partial charge in [-0.15, -0.1) is 0 Å². The van der Waals surface area contributed by atoms with Crippen LogP contribution in [0.2, 0.25) is 0 Å². The number of hydrogen-bond donors (Lipinski definition) is 1. The molecule has 1 aromatic carbocycles. The average molecular weight is 344 g/mol. The molecule has 2 atom stereocenters. The maximum atomic E-state index is 13.1. The first-order valence-electron chi connectivity index (χ1n) is 7.35. The summed E-state index contributed by atoms with van der Waals surface area (Å²) < 4.78 is 43.4. The number of esters is 1. The first-order chi connectivity index (χ1) is 10.8. The minimum atomic E-state index is -3.31. The van der Waals surface area contributed by atoms with Crippen molar-refractivity contribution in [2.24, 2.45) is 0 Å². The lowest BCUT2D eigenvalue weighted by Gasteiger charge is -2.37. The van der Waals surface area contributed by atoms with E-state index < -0.39 is 22.0 Å². The first kappa shape index (κ1) is 17.8.